The lowest BCUT2D eigenvalue weighted by molar-refractivity contribution is -0.121. The highest BCUT2D eigenvalue weighted by Crippen LogP contribution is 2.43. The van der Waals surface area contributed by atoms with E-state index in [0.717, 1.165) is 25.9 Å². The average molecular weight is 414 g/mol. The molecule has 5 rings (SSSR count). The van der Waals surface area contributed by atoms with Crippen LogP contribution in [0.4, 0.5) is 0 Å². The Labute approximate surface area is 179 Å². The molecule has 4 fully saturated rings. The fraction of sp³-hybridized carbons (Fsp3) is 0.750. The molecule has 0 aromatic carbocycles. The third kappa shape index (κ3) is 4.16. The number of piperidine rings is 3. The number of hydrogen-bond donors (Lipinski definition) is 1. The Kier molecular flexibility index (Phi) is 5.85. The Balaban J connectivity index is 1.29. The van der Waals surface area contributed by atoms with E-state index in [9.17, 15) is 9.59 Å². The molecule has 0 unspecified atom stereocenters. The summed E-state index contributed by atoms with van der Waals surface area (Å²) in [4.78, 5) is 30.4. The predicted molar refractivity (Wildman–Crippen MR) is 114 cm³/mol. The molecule has 6 heteroatoms. The molecule has 1 N–H and O–H groups in total. The number of carbonyl (C=O) groups excluding carboxylic acids is 2. The number of nitrogens with one attached hydrogen (secondary N) is 1. The molecule has 1 aromatic rings. The first-order valence-electron chi connectivity index (χ1n) is 12.1. The molecule has 0 radical (unpaired) electrons. The third-order valence-corrected chi connectivity index (χ3v) is 7.85. The molecule has 30 heavy (non-hydrogen) atoms. The van der Waals surface area contributed by atoms with Crippen LogP contribution < -0.4 is 5.32 Å². The van der Waals surface area contributed by atoms with E-state index in [-0.39, 0.29) is 17.9 Å². The molecule has 4 aliphatic rings. The van der Waals surface area contributed by atoms with Crippen molar-refractivity contribution >= 4 is 11.8 Å². The van der Waals surface area contributed by atoms with Gasteiger partial charge < -0.3 is 14.6 Å². The highest BCUT2D eigenvalue weighted by Gasteiger charge is 2.49. The number of carbonyl (C=O) groups is 2. The van der Waals surface area contributed by atoms with E-state index in [1.807, 2.05) is 0 Å². The van der Waals surface area contributed by atoms with Crippen LogP contribution in [0.2, 0.25) is 0 Å². The van der Waals surface area contributed by atoms with E-state index >= 15 is 0 Å². The van der Waals surface area contributed by atoms with Crippen LogP contribution >= 0.6 is 0 Å². The number of amides is 2. The van der Waals surface area contributed by atoms with Gasteiger partial charge in [0.2, 0.25) is 5.91 Å². The van der Waals surface area contributed by atoms with Crippen molar-refractivity contribution in [1.29, 1.82) is 0 Å². The summed E-state index contributed by atoms with van der Waals surface area (Å²) in [6.07, 6.45) is 11.3. The number of hydrogen-bond acceptors (Lipinski definition) is 4. The summed E-state index contributed by atoms with van der Waals surface area (Å²) in [7, 11) is 0. The van der Waals surface area contributed by atoms with E-state index in [1.54, 1.807) is 18.4 Å². The fourth-order valence-corrected chi connectivity index (χ4v) is 6.28. The molecule has 6 nitrogen and oxygen atoms in total. The molecule has 3 saturated heterocycles. The van der Waals surface area contributed by atoms with Crippen molar-refractivity contribution in [3.8, 4) is 0 Å². The van der Waals surface area contributed by atoms with Gasteiger partial charge in [-0.2, -0.15) is 0 Å². The quantitative estimate of drug-likeness (QED) is 0.745. The van der Waals surface area contributed by atoms with Crippen molar-refractivity contribution in [3.05, 3.63) is 24.2 Å². The first-order chi connectivity index (χ1) is 14.7. The minimum absolute atomic E-state index is 0.0318. The molecule has 4 heterocycles. The molecule has 1 saturated carbocycles. The van der Waals surface area contributed by atoms with Gasteiger partial charge in [0.25, 0.3) is 5.91 Å². The van der Waals surface area contributed by atoms with Crippen LogP contribution in [-0.2, 0) is 4.79 Å². The average Bonchev–Trinajstić information content (AvgIpc) is 3.44. The second-order valence-corrected chi connectivity index (χ2v) is 9.88. The summed E-state index contributed by atoms with van der Waals surface area (Å²) < 4.78 is 5.47. The van der Waals surface area contributed by atoms with Gasteiger partial charge in [0, 0.05) is 31.6 Å². The molecule has 2 amide bonds. The van der Waals surface area contributed by atoms with Crippen LogP contribution in [0.3, 0.4) is 0 Å². The molecule has 0 bridgehead atoms. The molecule has 0 spiro atoms. The molecule has 164 valence electrons. The van der Waals surface area contributed by atoms with Gasteiger partial charge in [0.1, 0.15) is 0 Å². The highest BCUT2D eigenvalue weighted by atomic mass is 16.3. The van der Waals surface area contributed by atoms with Crippen LogP contribution in [0.5, 0.6) is 0 Å². The molecular weight excluding hydrogens is 378 g/mol. The number of furan rings is 1. The maximum atomic E-state index is 13.3. The second-order valence-electron chi connectivity index (χ2n) is 9.88. The number of likely N-dealkylation sites (tertiary alicyclic amines) is 1. The van der Waals surface area contributed by atoms with Crippen LogP contribution in [0.25, 0.3) is 0 Å². The first-order valence-corrected chi connectivity index (χ1v) is 12.1. The van der Waals surface area contributed by atoms with Gasteiger partial charge in [-0.15, -0.1) is 0 Å². The first kappa shape index (κ1) is 20.1. The Bertz CT molecular complexity index is 743. The zero-order valence-electron chi connectivity index (χ0n) is 17.9. The third-order valence-electron chi connectivity index (χ3n) is 7.85. The lowest BCUT2D eigenvalue weighted by atomic mass is 9.69. The Morgan fingerprint density at radius 2 is 1.97 bits per heavy atom. The van der Waals surface area contributed by atoms with Crippen molar-refractivity contribution in [2.75, 3.05) is 26.2 Å². The van der Waals surface area contributed by atoms with E-state index in [0.29, 0.717) is 36.0 Å². The van der Waals surface area contributed by atoms with Crippen LogP contribution in [0, 0.1) is 17.8 Å². The summed E-state index contributed by atoms with van der Waals surface area (Å²) in [5.74, 6) is 2.45. The highest BCUT2D eigenvalue weighted by molar-refractivity contribution is 5.91. The van der Waals surface area contributed by atoms with Gasteiger partial charge in [-0.25, -0.2) is 0 Å². The molecular formula is C24H35N3O3. The van der Waals surface area contributed by atoms with Gasteiger partial charge in [-0.3, -0.25) is 14.5 Å². The minimum atomic E-state index is 0.0318. The standard InChI is InChI=1S/C24H35N3O3/c28-22(25-15-17-10-11-17)9-1-7-20-19-6-3-13-26-12-2-5-18(23(19)26)16-27(20)24(29)21-8-4-14-30-21/h4,8,14,17-20,23H,1-3,5-7,9-13,15-16H2,(H,25,28)/t18-,19+,20+,23-/m0/s1. The Morgan fingerprint density at radius 3 is 2.73 bits per heavy atom. The van der Waals surface area contributed by atoms with E-state index < -0.39 is 0 Å². The Morgan fingerprint density at radius 1 is 1.13 bits per heavy atom. The minimum Gasteiger partial charge on any atom is -0.459 e. The largest absolute Gasteiger partial charge is 0.459 e. The fourth-order valence-electron chi connectivity index (χ4n) is 6.28. The van der Waals surface area contributed by atoms with E-state index in [4.69, 9.17) is 4.42 Å². The smallest absolute Gasteiger partial charge is 0.289 e. The number of rotatable bonds is 7. The van der Waals surface area contributed by atoms with Gasteiger partial charge in [0.15, 0.2) is 5.76 Å². The van der Waals surface area contributed by atoms with Crippen LogP contribution in [0.15, 0.2) is 22.8 Å². The molecule has 1 aromatic heterocycles. The normalized spacial score (nSPS) is 31.3. The lowest BCUT2D eigenvalue weighted by Gasteiger charge is -2.57. The van der Waals surface area contributed by atoms with Crippen molar-refractivity contribution in [3.63, 3.8) is 0 Å². The number of nitrogens with zero attached hydrogens (tertiary/aromatic N) is 2. The molecule has 4 atom stereocenters. The van der Waals surface area contributed by atoms with Gasteiger partial charge >= 0.3 is 0 Å². The maximum Gasteiger partial charge on any atom is 0.289 e. The topological polar surface area (TPSA) is 65.8 Å². The second kappa shape index (κ2) is 8.74. The van der Waals surface area contributed by atoms with Crippen molar-refractivity contribution in [1.82, 2.24) is 15.1 Å². The maximum absolute atomic E-state index is 13.3. The molecule has 3 aliphatic heterocycles. The predicted octanol–water partition coefficient (Wildman–Crippen LogP) is 3.29. The zero-order valence-corrected chi connectivity index (χ0v) is 17.9. The van der Waals surface area contributed by atoms with Crippen molar-refractivity contribution in [2.45, 2.75) is 69.9 Å². The van der Waals surface area contributed by atoms with Crippen LogP contribution in [-0.4, -0.2) is 59.9 Å². The Hall–Kier alpha value is -1.82. The SMILES string of the molecule is O=C(CCC[C@@H]1[C@H]2CCCN3CCC[C@@H](CN1C(=O)c1ccco1)[C@@H]23)NCC1CC1. The van der Waals surface area contributed by atoms with Gasteiger partial charge in [-0.05, 0) is 94.3 Å². The summed E-state index contributed by atoms with van der Waals surface area (Å²) in [6, 6.07) is 4.40. The molecule has 1 aliphatic carbocycles. The van der Waals surface area contributed by atoms with E-state index in [2.05, 4.69) is 15.1 Å². The van der Waals surface area contributed by atoms with E-state index in [1.165, 1.54) is 51.6 Å². The summed E-state index contributed by atoms with van der Waals surface area (Å²) in [6.45, 7) is 4.09. The summed E-state index contributed by atoms with van der Waals surface area (Å²) in [5, 5.41) is 3.08. The van der Waals surface area contributed by atoms with Crippen molar-refractivity contribution < 1.29 is 14.0 Å². The monoisotopic (exact) mass is 413 g/mol. The lowest BCUT2D eigenvalue weighted by Crippen LogP contribution is -2.65. The van der Waals surface area contributed by atoms with Gasteiger partial charge in [0.05, 0.1) is 6.26 Å². The van der Waals surface area contributed by atoms with Crippen molar-refractivity contribution in [2.24, 2.45) is 17.8 Å². The zero-order chi connectivity index (χ0) is 20.5. The summed E-state index contributed by atoms with van der Waals surface area (Å²) in [5.41, 5.74) is 0. The summed E-state index contributed by atoms with van der Waals surface area (Å²) >= 11 is 0. The van der Waals surface area contributed by atoms with Gasteiger partial charge in [-0.1, -0.05) is 0 Å². The van der Waals surface area contributed by atoms with Crippen LogP contribution in [0.1, 0.15) is 68.3 Å².